The van der Waals surface area contributed by atoms with E-state index in [2.05, 4.69) is 47.0 Å². The number of piperazine rings is 1. The molecule has 0 unspecified atom stereocenters. The number of nitriles is 1. The van der Waals surface area contributed by atoms with E-state index in [1.807, 2.05) is 35.2 Å². The van der Waals surface area contributed by atoms with Gasteiger partial charge in [0.2, 0.25) is 0 Å². The number of carbonyl (C=O) groups is 1. The van der Waals surface area contributed by atoms with Crippen molar-refractivity contribution in [3.05, 3.63) is 59.2 Å². The van der Waals surface area contributed by atoms with Gasteiger partial charge in [-0.05, 0) is 68.5 Å². The summed E-state index contributed by atoms with van der Waals surface area (Å²) in [5.41, 5.74) is 4.47. The highest BCUT2D eigenvalue weighted by atomic mass is 16.2. The van der Waals surface area contributed by atoms with Crippen molar-refractivity contribution in [3.8, 4) is 17.2 Å². The Morgan fingerprint density at radius 2 is 1.56 bits per heavy atom. The van der Waals surface area contributed by atoms with Gasteiger partial charge in [-0.1, -0.05) is 24.3 Å². The zero-order chi connectivity index (χ0) is 22.5. The molecule has 2 heterocycles. The summed E-state index contributed by atoms with van der Waals surface area (Å²) in [5, 5.41) is 9.79. The second-order valence-corrected chi connectivity index (χ2v) is 9.10. The van der Waals surface area contributed by atoms with Crippen LogP contribution in [0.3, 0.4) is 0 Å². The molecule has 4 rings (SSSR count). The zero-order valence-electron chi connectivity index (χ0n) is 19.3. The van der Waals surface area contributed by atoms with Gasteiger partial charge in [0.05, 0.1) is 11.6 Å². The minimum atomic E-state index is 0.0867. The van der Waals surface area contributed by atoms with Crippen molar-refractivity contribution in [1.29, 1.82) is 5.26 Å². The monoisotopic (exact) mass is 431 g/mol. The lowest BCUT2D eigenvalue weighted by Gasteiger charge is -2.32. The maximum atomic E-state index is 12.8. The van der Waals surface area contributed by atoms with Crippen LogP contribution >= 0.6 is 0 Å². The van der Waals surface area contributed by atoms with Gasteiger partial charge in [-0.2, -0.15) is 5.26 Å². The first-order valence-corrected chi connectivity index (χ1v) is 11.6. The third-order valence-corrected chi connectivity index (χ3v) is 6.66. The third-order valence-electron chi connectivity index (χ3n) is 6.66. The van der Waals surface area contributed by atoms with Crippen LogP contribution in [0.25, 0.3) is 11.1 Å². The molecule has 0 atom stereocenters. The first kappa shape index (κ1) is 22.5. The van der Waals surface area contributed by atoms with Crippen molar-refractivity contribution in [2.45, 2.75) is 13.0 Å². The van der Waals surface area contributed by atoms with Crippen LogP contribution in [0.1, 0.15) is 27.9 Å². The van der Waals surface area contributed by atoms with E-state index in [1.165, 1.54) is 12.0 Å². The molecule has 168 valence electrons. The van der Waals surface area contributed by atoms with Crippen molar-refractivity contribution < 1.29 is 4.79 Å². The zero-order valence-corrected chi connectivity index (χ0v) is 19.3. The summed E-state index contributed by atoms with van der Waals surface area (Å²) in [6, 6.07) is 16.3. The van der Waals surface area contributed by atoms with Crippen LogP contribution in [0.5, 0.6) is 0 Å². The fourth-order valence-electron chi connectivity index (χ4n) is 4.53. The Morgan fingerprint density at radius 3 is 2.28 bits per heavy atom. The molecule has 32 heavy (non-hydrogen) atoms. The van der Waals surface area contributed by atoms with Crippen molar-refractivity contribution in [3.63, 3.8) is 0 Å². The van der Waals surface area contributed by atoms with Gasteiger partial charge in [0.1, 0.15) is 0 Å². The first-order chi connectivity index (χ1) is 15.5. The molecule has 2 aromatic rings. The Bertz CT molecular complexity index is 973. The van der Waals surface area contributed by atoms with Crippen molar-refractivity contribution >= 4 is 5.91 Å². The fourth-order valence-corrected chi connectivity index (χ4v) is 4.53. The van der Waals surface area contributed by atoms with Crippen LogP contribution in [0.4, 0.5) is 0 Å². The summed E-state index contributed by atoms with van der Waals surface area (Å²) in [7, 11) is 4.26. The highest BCUT2D eigenvalue weighted by molar-refractivity contribution is 5.95. The Labute approximate surface area is 191 Å². The third kappa shape index (κ3) is 5.36. The number of hydrogen-bond acceptors (Lipinski definition) is 5. The average Bonchev–Trinajstić information content (AvgIpc) is 3.03. The number of benzene rings is 2. The topological polar surface area (TPSA) is 53.8 Å². The van der Waals surface area contributed by atoms with E-state index in [0.29, 0.717) is 11.1 Å². The van der Waals surface area contributed by atoms with Gasteiger partial charge in [-0.25, -0.2) is 0 Å². The molecule has 0 saturated carbocycles. The first-order valence-electron chi connectivity index (χ1n) is 11.6. The molecule has 0 radical (unpaired) electrons. The molecule has 2 fully saturated rings. The minimum Gasteiger partial charge on any atom is -0.336 e. The lowest BCUT2D eigenvalue weighted by Crippen LogP contribution is -2.47. The molecule has 0 N–H and O–H groups in total. The van der Waals surface area contributed by atoms with E-state index < -0.39 is 0 Å². The molecule has 0 aromatic heterocycles. The highest BCUT2D eigenvalue weighted by Gasteiger charge is 2.20. The molecular formula is C26H33N5O. The van der Waals surface area contributed by atoms with Crippen molar-refractivity contribution in [2.75, 3.05) is 66.5 Å². The quantitative estimate of drug-likeness (QED) is 0.745. The number of likely N-dealkylation sites (N-methyl/N-ethyl adjacent to an activating group) is 2. The molecule has 0 bridgehead atoms. The smallest absolute Gasteiger partial charge is 0.253 e. The highest BCUT2D eigenvalue weighted by Crippen LogP contribution is 2.26. The number of amides is 1. The summed E-state index contributed by atoms with van der Waals surface area (Å²) < 4.78 is 0. The number of carbonyl (C=O) groups excluding carboxylic acids is 1. The van der Waals surface area contributed by atoms with Crippen LogP contribution in [-0.2, 0) is 6.54 Å². The lowest BCUT2D eigenvalue weighted by atomic mass is 9.97. The summed E-state index contributed by atoms with van der Waals surface area (Å²) in [6.45, 7) is 8.62. The second kappa shape index (κ2) is 10.3. The van der Waals surface area contributed by atoms with Crippen LogP contribution in [0.15, 0.2) is 42.5 Å². The maximum absolute atomic E-state index is 12.8. The van der Waals surface area contributed by atoms with Gasteiger partial charge >= 0.3 is 0 Å². The van der Waals surface area contributed by atoms with Gasteiger partial charge in [0.15, 0.2) is 0 Å². The molecular weight excluding hydrogens is 398 g/mol. The molecule has 0 aliphatic carbocycles. The number of hydrogen-bond donors (Lipinski definition) is 0. The predicted molar refractivity (Wildman–Crippen MR) is 127 cm³/mol. The Kier molecular flexibility index (Phi) is 7.21. The molecule has 6 heteroatoms. The number of nitrogens with zero attached hydrogens (tertiary/aromatic N) is 5. The summed E-state index contributed by atoms with van der Waals surface area (Å²) >= 11 is 0. The van der Waals surface area contributed by atoms with Gasteiger partial charge in [-0.15, -0.1) is 0 Å². The number of rotatable bonds is 4. The van der Waals surface area contributed by atoms with E-state index in [-0.39, 0.29) is 5.91 Å². The fraction of sp³-hybridized carbons (Fsp3) is 0.462. The molecule has 2 aliphatic heterocycles. The van der Waals surface area contributed by atoms with E-state index in [9.17, 15) is 10.1 Å². The molecule has 0 spiro atoms. The summed E-state index contributed by atoms with van der Waals surface area (Å²) in [4.78, 5) is 21.8. The van der Waals surface area contributed by atoms with Crippen LogP contribution in [0, 0.1) is 11.3 Å². The molecule has 2 aliphatic rings. The Hall–Kier alpha value is -2.72. The van der Waals surface area contributed by atoms with Crippen molar-refractivity contribution in [1.82, 2.24) is 19.6 Å². The van der Waals surface area contributed by atoms with Gasteiger partial charge < -0.3 is 14.7 Å². The maximum Gasteiger partial charge on any atom is 0.253 e. The van der Waals surface area contributed by atoms with Gasteiger partial charge in [0, 0.05) is 51.4 Å². The molecule has 1 amide bonds. The van der Waals surface area contributed by atoms with Crippen LogP contribution in [-0.4, -0.2) is 92.0 Å². The standard InChI is InChI=1S/C26H33N5O/c1-28-10-3-11-30(15-12-28)20-21-4-9-25(24(18-21)19-27)22-5-7-23(8-6-22)26(32)31-16-13-29(2)14-17-31/h4-9,18H,3,10-17,20H2,1-2H3. The van der Waals surface area contributed by atoms with Gasteiger partial charge in [-0.3, -0.25) is 9.69 Å². The van der Waals surface area contributed by atoms with Crippen LogP contribution in [0.2, 0.25) is 0 Å². The van der Waals surface area contributed by atoms with E-state index in [4.69, 9.17) is 0 Å². The average molecular weight is 432 g/mol. The van der Waals surface area contributed by atoms with E-state index in [1.54, 1.807) is 0 Å². The Balaban J connectivity index is 1.46. The van der Waals surface area contributed by atoms with E-state index >= 15 is 0 Å². The van der Waals surface area contributed by atoms with Gasteiger partial charge in [0.25, 0.3) is 5.91 Å². The SMILES string of the molecule is CN1CCCN(Cc2ccc(-c3ccc(C(=O)N4CCN(C)CC4)cc3)c(C#N)c2)CC1. The van der Waals surface area contributed by atoms with Crippen molar-refractivity contribution in [2.24, 2.45) is 0 Å². The summed E-state index contributed by atoms with van der Waals surface area (Å²) in [5.74, 6) is 0.0867. The Morgan fingerprint density at radius 1 is 0.875 bits per heavy atom. The summed E-state index contributed by atoms with van der Waals surface area (Å²) in [6.07, 6.45) is 1.18. The largest absolute Gasteiger partial charge is 0.336 e. The predicted octanol–water partition coefficient (Wildman–Crippen LogP) is 2.75. The minimum absolute atomic E-state index is 0.0867. The van der Waals surface area contributed by atoms with E-state index in [0.717, 1.165) is 70.0 Å². The molecule has 2 aromatic carbocycles. The second-order valence-electron chi connectivity index (χ2n) is 9.10. The lowest BCUT2D eigenvalue weighted by molar-refractivity contribution is 0.0664. The molecule has 6 nitrogen and oxygen atoms in total. The normalized spacial score (nSPS) is 18.8. The van der Waals surface area contributed by atoms with Crippen LogP contribution < -0.4 is 0 Å². The molecule has 2 saturated heterocycles.